The third-order valence-corrected chi connectivity index (χ3v) is 3.41. The first-order valence-electron chi connectivity index (χ1n) is 6.46. The molecule has 0 unspecified atom stereocenters. The lowest BCUT2D eigenvalue weighted by Gasteiger charge is -2.05. The van der Waals surface area contributed by atoms with Crippen molar-refractivity contribution in [2.24, 2.45) is 7.05 Å². The van der Waals surface area contributed by atoms with Crippen molar-refractivity contribution in [1.29, 1.82) is 0 Å². The fourth-order valence-electron chi connectivity index (χ4n) is 1.95. The van der Waals surface area contributed by atoms with Crippen LogP contribution in [0.4, 0.5) is 0 Å². The predicted octanol–water partition coefficient (Wildman–Crippen LogP) is 2.58. The topological polar surface area (TPSA) is 29.9 Å². The molecular weight excluding hydrogens is 222 g/mol. The summed E-state index contributed by atoms with van der Waals surface area (Å²) < 4.78 is 1.91. The summed E-state index contributed by atoms with van der Waals surface area (Å²) in [7, 11) is 1.97. The highest BCUT2D eigenvalue weighted by Crippen LogP contribution is 2.07. The average molecular weight is 243 g/mol. The summed E-state index contributed by atoms with van der Waals surface area (Å²) in [5.41, 5.74) is 5.21. The molecule has 0 spiro atoms. The Morgan fingerprint density at radius 3 is 2.33 bits per heavy atom. The van der Waals surface area contributed by atoms with Gasteiger partial charge in [-0.25, -0.2) is 0 Å². The van der Waals surface area contributed by atoms with E-state index in [0.29, 0.717) is 0 Å². The largest absolute Gasteiger partial charge is 0.308 e. The van der Waals surface area contributed by atoms with Crippen molar-refractivity contribution in [3.63, 3.8) is 0 Å². The molecule has 3 nitrogen and oxygen atoms in total. The van der Waals surface area contributed by atoms with Crippen LogP contribution in [0.15, 0.2) is 30.5 Å². The Morgan fingerprint density at radius 2 is 1.78 bits per heavy atom. The predicted molar refractivity (Wildman–Crippen MR) is 74.3 cm³/mol. The summed E-state index contributed by atoms with van der Waals surface area (Å²) in [4.78, 5) is 0. The van der Waals surface area contributed by atoms with Gasteiger partial charge >= 0.3 is 0 Å². The van der Waals surface area contributed by atoms with Crippen LogP contribution in [-0.4, -0.2) is 9.78 Å². The Morgan fingerprint density at radius 1 is 1.11 bits per heavy atom. The van der Waals surface area contributed by atoms with Crippen LogP contribution in [0.1, 0.15) is 29.3 Å². The van der Waals surface area contributed by atoms with Crippen LogP contribution in [0.3, 0.4) is 0 Å². The van der Waals surface area contributed by atoms with Gasteiger partial charge in [0.2, 0.25) is 0 Å². The number of nitrogens with one attached hydrogen (secondary N) is 1. The smallest absolute Gasteiger partial charge is 0.0537 e. The van der Waals surface area contributed by atoms with Crippen molar-refractivity contribution < 1.29 is 0 Å². The van der Waals surface area contributed by atoms with E-state index < -0.39 is 0 Å². The Balaban J connectivity index is 1.86. The molecule has 2 aromatic rings. The molecule has 1 aromatic carbocycles. The fraction of sp³-hybridized carbons (Fsp3) is 0.400. The van der Waals surface area contributed by atoms with Gasteiger partial charge in [-0.1, -0.05) is 31.2 Å². The summed E-state index contributed by atoms with van der Waals surface area (Å²) in [6.07, 6.45) is 3.03. The van der Waals surface area contributed by atoms with E-state index >= 15 is 0 Å². The van der Waals surface area contributed by atoms with Crippen LogP contribution in [0, 0.1) is 6.92 Å². The van der Waals surface area contributed by atoms with Gasteiger partial charge in [-0.15, -0.1) is 0 Å². The van der Waals surface area contributed by atoms with Gasteiger partial charge in [0.1, 0.15) is 0 Å². The molecule has 0 aliphatic carbocycles. The highest BCUT2D eigenvalue weighted by molar-refractivity contribution is 5.22. The Kier molecular flexibility index (Phi) is 4.15. The molecular formula is C15H21N3. The van der Waals surface area contributed by atoms with E-state index in [-0.39, 0.29) is 0 Å². The van der Waals surface area contributed by atoms with Crippen LogP contribution in [-0.2, 0) is 26.6 Å². The molecule has 3 heteroatoms. The normalized spacial score (nSPS) is 10.8. The summed E-state index contributed by atoms with van der Waals surface area (Å²) in [6.45, 7) is 6.05. The van der Waals surface area contributed by atoms with Gasteiger partial charge in [-0.2, -0.15) is 5.10 Å². The van der Waals surface area contributed by atoms with Crippen LogP contribution < -0.4 is 5.32 Å². The highest BCUT2D eigenvalue weighted by atomic mass is 15.3. The standard InChI is InChI=1S/C15H21N3/c1-4-13-5-7-14(8-6-13)9-16-10-15-11-17-18(3)12(15)2/h5-8,11,16H,4,9-10H2,1-3H3. The quantitative estimate of drug-likeness (QED) is 0.874. The number of nitrogens with zero attached hydrogens (tertiary/aromatic N) is 2. The number of aromatic nitrogens is 2. The summed E-state index contributed by atoms with van der Waals surface area (Å²) in [6, 6.07) is 8.79. The van der Waals surface area contributed by atoms with E-state index in [1.165, 1.54) is 22.4 Å². The monoisotopic (exact) mass is 243 g/mol. The van der Waals surface area contributed by atoms with E-state index in [2.05, 4.69) is 48.5 Å². The Hall–Kier alpha value is -1.61. The van der Waals surface area contributed by atoms with Crippen molar-refractivity contribution in [2.45, 2.75) is 33.4 Å². The zero-order valence-corrected chi connectivity index (χ0v) is 11.4. The van der Waals surface area contributed by atoms with Gasteiger partial charge in [-0.3, -0.25) is 4.68 Å². The van der Waals surface area contributed by atoms with Crippen molar-refractivity contribution in [1.82, 2.24) is 15.1 Å². The summed E-state index contributed by atoms with van der Waals surface area (Å²) in [5, 5.41) is 7.70. The highest BCUT2D eigenvalue weighted by Gasteiger charge is 2.02. The molecule has 0 amide bonds. The van der Waals surface area contributed by atoms with E-state index in [1.807, 2.05) is 17.9 Å². The van der Waals surface area contributed by atoms with Crippen molar-refractivity contribution in [2.75, 3.05) is 0 Å². The van der Waals surface area contributed by atoms with Gasteiger partial charge in [0.15, 0.2) is 0 Å². The van der Waals surface area contributed by atoms with Crippen LogP contribution in [0.25, 0.3) is 0 Å². The number of hydrogen-bond donors (Lipinski definition) is 1. The molecule has 0 aliphatic heterocycles. The van der Waals surface area contributed by atoms with E-state index in [4.69, 9.17) is 0 Å². The maximum absolute atomic E-state index is 4.24. The van der Waals surface area contributed by atoms with Crippen molar-refractivity contribution >= 4 is 0 Å². The lowest BCUT2D eigenvalue weighted by atomic mass is 10.1. The molecule has 0 radical (unpaired) electrons. The van der Waals surface area contributed by atoms with E-state index in [9.17, 15) is 0 Å². The van der Waals surface area contributed by atoms with Crippen LogP contribution in [0.5, 0.6) is 0 Å². The van der Waals surface area contributed by atoms with Gasteiger partial charge in [0.05, 0.1) is 6.20 Å². The number of aryl methyl sites for hydroxylation is 2. The zero-order chi connectivity index (χ0) is 13.0. The first-order chi connectivity index (χ1) is 8.70. The third kappa shape index (κ3) is 2.99. The lowest BCUT2D eigenvalue weighted by Crippen LogP contribution is -2.13. The molecule has 18 heavy (non-hydrogen) atoms. The average Bonchev–Trinajstić information content (AvgIpc) is 2.71. The summed E-state index contributed by atoms with van der Waals surface area (Å²) >= 11 is 0. The number of rotatable bonds is 5. The van der Waals surface area contributed by atoms with Crippen molar-refractivity contribution in [3.05, 3.63) is 52.8 Å². The second kappa shape index (κ2) is 5.83. The third-order valence-electron chi connectivity index (χ3n) is 3.41. The minimum atomic E-state index is 0.870. The van der Waals surface area contributed by atoms with Crippen LogP contribution in [0.2, 0.25) is 0 Å². The molecule has 0 aliphatic rings. The van der Waals surface area contributed by atoms with Gasteiger partial charge in [0, 0.05) is 31.4 Å². The minimum absolute atomic E-state index is 0.870. The molecule has 1 heterocycles. The number of hydrogen-bond acceptors (Lipinski definition) is 2. The maximum Gasteiger partial charge on any atom is 0.0537 e. The Labute approximate surface area is 109 Å². The van der Waals surface area contributed by atoms with E-state index in [0.717, 1.165) is 19.5 Å². The molecule has 1 aromatic heterocycles. The molecule has 0 fully saturated rings. The molecule has 0 atom stereocenters. The SMILES string of the molecule is CCc1ccc(CNCc2cnn(C)c2C)cc1. The first kappa shape index (κ1) is 12.8. The second-order valence-electron chi connectivity index (χ2n) is 4.65. The maximum atomic E-state index is 4.24. The fourth-order valence-corrected chi connectivity index (χ4v) is 1.95. The molecule has 0 saturated heterocycles. The van der Waals surface area contributed by atoms with Crippen LogP contribution >= 0.6 is 0 Å². The molecule has 1 N–H and O–H groups in total. The molecule has 96 valence electrons. The lowest BCUT2D eigenvalue weighted by molar-refractivity contribution is 0.684. The summed E-state index contributed by atoms with van der Waals surface area (Å²) in [5.74, 6) is 0. The first-order valence-corrected chi connectivity index (χ1v) is 6.46. The van der Waals surface area contributed by atoms with Gasteiger partial charge in [-0.05, 0) is 24.5 Å². The molecule has 0 bridgehead atoms. The minimum Gasteiger partial charge on any atom is -0.308 e. The zero-order valence-electron chi connectivity index (χ0n) is 11.4. The molecule has 2 rings (SSSR count). The van der Waals surface area contributed by atoms with E-state index in [1.54, 1.807) is 0 Å². The number of benzene rings is 1. The van der Waals surface area contributed by atoms with Gasteiger partial charge in [0.25, 0.3) is 0 Å². The second-order valence-corrected chi connectivity index (χ2v) is 4.65. The van der Waals surface area contributed by atoms with Gasteiger partial charge < -0.3 is 5.32 Å². The molecule has 0 saturated carbocycles. The van der Waals surface area contributed by atoms with Crippen molar-refractivity contribution in [3.8, 4) is 0 Å². The Bertz CT molecular complexity index is 497.